The summed E-state index contributed by atoms with van der Waals surface area (Å²) in [7, 11) is 0. The lowest BCUT2D eigenvalue weighted by atomic mass is 10.2. The highest BCUT2D eigenvalue weighted by molar-refractivity contribution is 5.24. The second kappa shape index (κ2) is 7.28. The summed E-state index contributed by atoms with van der Waals surface area (Å²) in [6.45, 7) is 10.3. The first-order valence-corrected chi connectivity index (χ1v) is 6.50. The third-order valence-electron chi connectivity index (χ3n) is 2.64. The highest BCUT2D eigenvalue weighted by Crippen LogP contribution is 2.14. The average molecular weight is 236 g/mol. The maximum atomic E-state index is 5.75. The van der Waals surface area contributed by atoms with Gasteiger partial charge < -0.3 is 10.1 Å². The molecule has 0 saturated heterocycles. The Labute approximate surface area is 105 Å². The zero-order valence-electron chi connectivity index (χ0n) is 11.4. The molecule has 0 spiro atoms. The van der Waals surface area contributed by atoms with Crippen LogP contribution in [-0.4, -0.2) is 17.6 Å². The number of ether oxygens (including phenoxy) is 1. The van der Waals surface area contributed by atoms with Crippen molar-refractivity contribution in [3.05, 3.63) is 23.4 Å². The van der Waals surface area contributed by atoms with Crippen LogP contribution < -0.4 is 10.1 Å². The van der Waals surface area contributed by atoms with Crippen molar-refractivity contribution in [1.82, 2.24) is 10.3 Å². The predicted molar refractivity (Wildman–Crippen MR) is 71.4 cm³/mol. The van der Waals surface area contributed by atoms with Crippen molar-refractivity contribution >= 4 is 0 Å². The van der Waals surface area contributed by atoms with Crippen molar-refractivity contribution in [3.63, 3.8) is 0 Å². The monoisotopic (exact) mass is 236 g/mol. The number of hydrogen-bond acceptors (Lipinski definition) is 3. The summed E-state index contributed by atoms with van der Waals surface area (Å²) in [5, 5.41) is 3.39. The van der Waals surface area contributed by atoms with E-state index in [4.69, 9.17) is 4.74 Å². The van der Waals surface area contributed by atoms with E-state index in [9.17, 15) is 0 Å². The van der Waals surface area contributed by atoms with E-state index in [0.29, 0.717) is 0 Å². The van der Waals surface area contributed by atoms with E-state index in [1.165, 1.54) is 5.56 Å². The first-order valence-electron chi connectivity index (χ1n) is 6.50. The third kappa shape index (κ3) is 5.18. The summed E-state index contributed by atoms with van der Waals surface area (Å²) in [6.07, 6.45) is 2.38. The van der Waals surface area contributed by atoms with Crippen molar-refractivity contribution in [1.29, 1.82) is 0 Å². The average Bonchev–Trinajstić information content (AvgIpc) is 2.28. The first-order chi connectivity index (χ1) is 8.15. The molecule has 17 heavy (non-hydrogen) atoms. The van der Waals surface area contributed by atoms with Crippen LogP contribution in [0.4, 0.5) is 0 Å². The number of aryl methyl sites for hydroxylation is 1. The number of nitrogens with one attached hydrogen (secondary N) is 1. The third-order valence-corrected chi connectivity index (χ3v) is 2.64. The molecule has 1 heterocycles. The van der Waals surface area contributed by atoms with Crippen LogP contribution >= 0.6 is 0 Å². The van der Waals surface area contributed by atoms with E-state index >= 15 is 0 Å². The Morgan fingerprint density at radius 3 is 2.76 bits per heavy atom. The lowest BCUT2D eigenvalue weighted by Crippen LogP contribution is -2.15. The smallest absolute Gasteiger partial charge is 0.214 e. The summed E-state index contributed by atoms with van der Waals surface area (Å²) in [5.41, 5.74) is 2.25. The van der Waals surface area contributed by atoms with Crippen LogP contribution in [0.25, 0.3) is 0 Å². The Balaban J connectivity index is 2.65. The topological polar surface area (TPSA) is 34.2 Å². The maximum absolute atomic E-state index is 5.75. The molecule has 0 radical (unpaired) electrons. The molecule has 1 aromatic rings. The summed E-state index contributed by atoms with van der Waals surface area (Å²) >= 11 is 0. The lowest BCUT2D eigenvalue weighted by molar-refractivity contribution is 0.208. The largest absolute Gasteiger partial charge is 0.475 e. The number of aromatic nitrogens is 1. The molecule has 0 bridgehead atoms. The van der Waals surface area contributed by atoms with Crippen LogP contribution in [0.5, 0.6) is 5.88 Å². The molecule has 0 aliphatic rings. The predicted octanol–water partition coefficient (Wildman–Crippen LogP) is 3.07. The highest BCUT2D eigenvalue weighted by atomic mass is 16.5. The quantitative estimate of drug-likeness (QED) is 0.739. The molecule has 0 aliphatic carbocycles. The Hall–Kier alpha value is -1.09. The summed E-state index contributed by atoms with van der Waals surface area (Å²) < 4.78 is 5.75. The lowest BCUT2D eigenvalue weighted by Gasteiger charge is -2.13. The van der Waals surface area contributed by atoms with Crippen LogP contribution in [0.15, 0.2) is 12.1 Å². The molecule has 96 valence electrons. The van der Waals surface area contributed by atoms with E-state index < -0.39 is 0 Å². The molecular weight excluding hydrogens is 212 g/mol. The number of hydrogen-bond donors (Lipinski definition) is 1. The minimum atomic E-state index is 0.223. The Bertz CT molecular complexity index is 339. The molecular formula is C14H24N2O. The van der Waals surface area contributed by atoms with Crippen LogP contribution in [0.3, 0.4) is 0 Å². The van der Waals surface area contributed by atoms with Gasteiger partial charge in [0.2, 0.25) is 5.88 Å². The van der Waals surface area contributed by atoms with E-state index in [1.54, 1.807) is 0 Å². The van der Waals surface area contributed by atoms with Crippen molar-refractivity contribution in [2.75, 3.05) is 6.54 Å². The molecule has 1 atom stereocenters. The van der Waals surface area contributed by atoms with Crippen LogP contribution in [0.2, 0.25) is 0 Å². The standard InChI is InChI=1S/C14H24N2O/c1-5-7-15-10-13-8-11(3)16-14(9-13)17-12(4)6-2/h8-9,12,15H,5-7,10H2,1-4H3. The van der Waals surface area contributed by atoms with Crippen molar-refractivity contribution in [3.8, 4) is 5.88 Å². The van der Waals surface area contributed by atoms with Crippen LogP contribution in [-0.2, 0) is 6.54 Å². The number of nitrogens with zero attached hydrogens (tertiary/aromatic N) is 1. The molecule has 0 amide bonds. The van der Waals surface area contributed by atoms with E-state index in [2.05, 4.69) is 37.1 Å². The molecule has 3 nitrogen and oxygen atoms in total. The molecule has 1 N–H and O–H groups in total. The zero-order chi connectivity index (χ0) is 12.7. The molecule has 0 saturated carbocycles. The van der Waals surface area contributed by atoms with Gasteiger partial charge in [-0.15, -0.1) is 0 Å². The van der Waals surface area contributed by atoms with Gasteiger partial charge in [-0.2, -0.15) is 0 Å². The van der Waals surface area contributed by atoms with Gasteiger partial charge in [-0.3, -0.25) is 0 Å². The van der Waals surface area contributed by atoms with Gasteiger partial charge in [-0.25, -0.2) is 4.98 Å². The normalized spacial score (nSPS) is 12.5. The fourth-order valence-electron chi connectivity index (χ4n) is 1.57. The second-order valence-electron chi connectivity index (χ2n) is 4.47. The van der Waals surface area contributed by atoms with Crippen molar-refractivity contribution in [2.24, 2.45) is 0 Å². The van der Waals surface area contributed by atoms with Gasteiger partial charge in [0.05, 0.1) is 6.10 Å². The van der Waals surface area contributed by atoms with Crippen LogP contribution in [0, 0.1) is 6.92 Å². The van der Waals surface area contributed by atoms with Crippen molar-refractivity contribution in [2.45, 2.75) is 53.2 Å². The fourth-order valence-corrected chi connectivity index (χ4v) is 1.57. The number of pyridine rings is 1. The molecule has 0 fully saturated rings. The Morgan fingerprint density at radius 2 is 2.12 bits per heavy atom. The molecule has 3 heteroatoms. The zero-order valence-corrected chi connectivity index (χ0v) is 11.4. The van der Waals surface area contributed by atoms with Gasteiger partial charge in [0.1, 0.15) is 0 Å². The summed E-state index contributed by atoms with van der Waals surface area (Å²) in [5.74, 6) is 0.743. The minimum Gasteiger partial charge on any atom is -0.475 e. The Kier molecular flexibility index (Phi) is 5.98. The molecule has 0 aromatic carbocycles. The van der Waals surface area contributed by atoms with E-state index in [0.717, 1.165) is 37.5 Å². The number of rotatable bonds is 7. The molecule has 0 aliphatic heterocycles. The highest BCUT2D eigenvalue weighted by Gasteiger charge is 2.05. The minimum absolute atomic E-state index is 0.223. The van der Waals surface area contributed by atoms with Gasteiger partial charge in [0, 0.05) is 18.3 Å². The van der Waals surface area contributed by atoms with Gasteiger partial charge in [0.25, 0.3) is 0 Å². The summed E-state index contributed by atoms with van der Waals surface area (Å²) in [6, 6.07) is 4.13. The SMILES string of the molecule is CCCNCc1cc(C)nc(OC(C)CC)c1. The summed E-state index contributed by atoms with van der Waals surface area (Å²) in [4.78, 5) is 4.40. The fraction of sp³-hybridized carbons (Fsp3) is 0.643. The van der Waals surface area contributed by atoms with Crippen molar-refractivity contribution < 1.29 is 4.74 Å². The second-order valence-corrected chi connectivity index (χ2v) is 4.47. The van der Waals surface area contributed by atoms with E-state index in [1.807, 2.05) is 13.0 Å². The van der Waals surface area contributed by atoms with Gasteiger partial charge in [0.15, 0.2) is 0 Å². The molecule has 1 rings (SSSR count). The maximum Gasteiger partial charge on any atom is 0.214 e. The van der Waals surface area contributed by atoms with E-state index in [-0.39, 0.29) is 6.10 Å². The van der Waals surface area contributed by atoms with Gasteiger partial charge in [-0.1, -0.05) is 13.8 Å². The molecule has 1 unspecified atom stereocenters. The van der Waals surface area contributed by atoms with Gasteiger partial charge >= 0.3 is 0 Å². The van der Waals surface area contributed by atoms with Gasteiger partial charge in [-0.05, 0) is 44.9 Å². The first kappa shape index (κ1) is 14.0. The molecule has 1 aromatic heterocycles. The van der Waals surface area contributed by atoms with Crippen LogP contribution in [0.1, 0.15) is 44.9 Å². The Morgan fingerprint density at radius 1 is 1.35 bits per heavy atom.